The summed E-state index contributed by atoms with van der Waals surface area (Å²) in [4.78, 5) is 14.5. The molecule has 0 heterocycles. The van der Waals surface area contributed by atoms with Crippen molar-refractivity contribution in [2.24, 2.45) is 5.73 Å². The largest absolute Gasteiger partial charge is 0.326 e. The molecule has 1 aliphatic carbocycles. The quantitative estimate of drug-likeness (QED) is 0.811. The number of amides is 1. The molecule has 0 saturated heterocycles. The summed E-state index contributed by atoms with van der Waals surface area (Å²) in [5.74, 6) is 0.0839. The fourth-order valence-electron chi connectivity index (χ4n) is 3.11. The van der Waals surface area contributed by atoms with Gasteiger partial charge in [0.25, 0.3) is 0 Å². The normalized spacial score (nSPS) is 15.6. The first-order valence-corrected chi connectivity index (χ1v) is 8.06. The molecule has 0 spiro atoms. The smallest absolute Gasteiger partial charge is 0.225 e. The number of hydrogen-bond donors (Lipinski definition) is 2. The maximum Gasteiger partial charge on any atom is 0.225 e. The Labute approximate surface area is 127 Å². The van der Waals surface area contributed by atoms with Gasteiger partial charge >= 0.3 is 0 Å². The lowest BCUT2D eigenvalue weighted by atomic mass is 10.2. The lowest BCUT2D eigenvalue weighted by Gasteiger charge is -2.27. The number of hydrogen-bond acceptors (Lipinski definition) is 3. The zero-order valence-corrected chi connectivity index (χ0v) is 13.0. The second kappa shape index (κ2) is 8.15. The van der Waals surface area contributed by atoms with E-state index in [9.17, 15) is 4.79 Å². The fourth-order valence-corrected chi connectivity index (χ4v) is 3.11. The molecule has 1 aliphatic rings. The van der Waals surface area contributed by atoms with Crippen LogP contribution in [0, 0.1) is 0 Å². The summed E-state index contributed by atoms with van der Waals surface area (Å²) >= 11 is 0. The molecule has 2 rings (SSSR count). The fraction of sp³-hybridized carbons (Fsp3) is 0.588. The molecule has 0 atom stereocenters. The molecule has 4 heteroatoms. The molecule has 3 N–H and O–H groups in total. The molecule has 1 aromatic rings. The van der Waals surface area contributed by atoms with E-state index in [1.807, 2.05) is 24.3 Å². The van der Waals surface area contributed by atoms with E-state index in [1.165, 1.54) is 25.7 Å². The topological polar surface area (TPSA) is 58.4 Å². The van der Waals surface area contributed by atoms with Crippen LogP contribution in [0.3, 0.4) is 0 Å². The van der Waals surface area contributed by atoms with Crippen LogP contribution >= 0.6 is 0 Å². The van der Waals surface area contributed by atoms with Crippen LogP contribution in [0.1, 0.15) is 44.6 Å². The van der Waals surface area contributed by atoms with Crippen LogP contribution in [0.5, 0.6) is 0 Å². The number of carbonyl (C=O) groups excluding carboxylic acids is 1. The van der Waals surface area contributed by atoms with E-state index in [0.29, 0.717) is 19.0 Å². The minimum atomic E-state index is 0.0839. The van der Waals surface area contributed by atoms with Crippen LogP contribution < -0.4 is 11.1 Å². The van der Waals surface area contributed by atoms with Gasteiger partial charge in [-0.15, -0.1) is 0 Å². The van der Waals surface area contributed by atoms with Crippen molar-refractivity contribution in [3.63, 3.8) is 0 Å². The highest BCUT2D eigenvalue weighted by atomic mass is 16.1. The molecule has 1 saturated carbocycles. The summed E-state index contributed by atoms with van der Waals surface area (Å²) in [7, 11) is 0. The molecule has 116 valence electrons. The molecule has 0 bridgehead atoms. The highest BCUT2D eigenvalue weighted by Crippen LogP contribution is 2.23. The van der Waals surface area contributed by atoms with Gasteiger partial charge in [-0.3, -0.25) is 4.79 Å². The maximum absolute atomic E-state index is 12.1. The van der Waals surface area contributed by atoms with Gasteiger partial charge in [-0.25, -0.2) is 0 Å². The van der Waals surface area contributed by atoms with Crippen LogP contribution in [-0.2, 0) is 11.3 Å². The summed E-state index contributed by atoms with van der Waals surface area (Å²) in [6, 6.07) is 8.42. The summed E-state index contributed by atoms with van der Waals surface area (Å²) in [5, 5.41) is 2.97. The predicted octanol–water partition coefficient (Wildman–Crippen LogP) is 2.74. The first-order valence-electron chi connectivity index (χ1n) is 8.06. The van der Waals surface area contributed by atoms with E-state index in [2.05, 4.69) is 17.1 Å². The molecule has 1 fully saturated rings. The van der Waals surface area contributed by atoms with Gasteiger partial charge in [-0.1, -0.05) is 31.9 Å². The number of carbonyl (C=O) groups is 1. The summed E-state index contributed by atoms with van der Waals surface area (Å²) < 4.78 is 0. The highest BCUT2D eigenvalue weighted by Gasteiger charge is 2.21. The Morgan fingerprint density at radius 3 is 2.81 bits per heavy atom. The Hall–Kier alpha value is -1.39. The van der Waals surface area contributed by atoms with Crippen molar-refractivity contribution in [2.45, 2.75) is 51.6 Å². The van der Waals surface area contributed by atoms with Crippen molar-refractivity contribution in [2.75, 3.05) is 18.4 Å². The van der Waals surface area contributed by atoms with E-state index in [1.54, 1.807) is 0 Å². The first kappa shape index (κ1) is 16.0. The van der Waals surface area contributed by atoms with Crippen molar-refractivity contribution in [3.8, 4) is 0 Å². The van der Waals surface area contributed by atoms with Crippen LogP contribution in [0.4, 0.5) is 5.69 Å². The second-order valence-corrected chi connectivity index (χ2v) is 5.77. The zero-order valence-electron chi connectivity index (χ0n) is 13.0. The molecular weight excluding hydrogens is 262 g/mol. The zero-order chi connectivity index (χ0) is 15.1. The highest BCUT2D eigenvalue weighted by molar-refractivity contribution is 5.90. The number of nitrogens with two attached hydrogens (primary N) is 1. The van der Waals surface area contributed by atoms with Crippen molar-refractivity contribution in [3.05, 3.63) is 29.8 Å². The van der Waals surface area contributed by atoms with Gasteiger partial charge in [0, 0.05) is 31.2 Å². The van der Waals surface area contributed by atoms with E-state index in [0.717, 1.165) is 24.3 Å². The number of rotatable bonds is 7. The van der Waals surface area contributed by atoms with E-state index in [4.69, 9.17) is 5.73 Å². The molecule has 1 amide bonds. The first-order chi connectivity index (χ1) is 10.2. The minimum absolute atomic E-state index is 0.0839. The van der Waals surface area contributed by atoms with E-state index < -0.39 is 0 Å². The molecule has 4 nitrogen and oxygen atoms in total. The standard InChI is InChI=1S/C17H27N3O/c1-2-20(16-8-3-4-9-16)11-10-17(21)19-15-7-5-6-14(12-15)13-18/h5-7,12,16H,2-4,8-11,13,18H2,1H3,(H,19,21). The Morgan fingerprint density at radius 1 is 1.38 bits per heavy atom. The van der Waals surface area contributed by atoms with E-state index >= 15 is 0 Å². The Balaban J connectivity index is 1.80. The third-order valence-corrected chi connectivity index (χ3v) is 4.32. The van der Waals surface area contributed by atoms with Gasteiger partial charge in [0.05, 0.1) is 0 Å². The number of benzene rings is 1. The van der Waals surface area contributed by atoms with Crippen molar-refractivity contribution >= 4 is 11.6 Å². The molecule has 0 aliphatic heterocycles. The van der Waals surface area contributed by atoms with Gasteiger partial charge in [-0.05, 0) is 37.1 Å². The Bertz CT molecular complexity index is 455. The summed E-state index contributed by atoms with van der Waals surface area (Å²) in [6.07, 6.45) is 5.79. The molecule has 0 radical (unpaired) electrons. The average molecular weight is 289 g/mol. The third-order valence-electron chi connectivity index (χ3n) is 4.32. The lowest BCUT2D eigenvalue weighted by Crippen LogP contribution is -2.35. The third kappa shape index (κ3) is 4.83. The Kier molecular flexibility index (Phi) is 6.21. The molecule has 21 heavy (non-hydrogen) atoms. The van der Waals surface area contributed by atoms with Crippen LogP contribution in [0.25, 0.3) is 0 Å². The number of nitrogens with one attached hydrogen (secondary N) is 1. The Morgan fingerprint density at radius 2 is 2.14 bits per heavy atom. The van der Waals surface area contributed by atoms with Gasteiger partial charge in [0.15, 0.2) is 0 Å². The predicted molar refractivity (Wildman–Crippen MR) is 87.1 cm³/mol. The second-order valence-electron chi connectivity index (χ2n) is 5.77. The average Bonchev–Trinajstić information content (AvgIpc) is 3.02. The van der Waals surface area contributed by atoms with Crippen LogP contribution in [0.2, 0.25) is 0 Å². The number of nitrogens with zero attached hydrogens (tertiary/aromatic N) is 1. The van der Waals surface area contributed by atoms with Gasteiger partial charge in [0.1, 0.15) is 0 Å². The molecule has 0 unspecified atom stereocenters. The monoisotopic (exact) mass is 289 g/mol. The number of anilines is 1. The van der Waals surface area contributed by atoms with Crippen molar-refractivity contribution < 1.29 is 4.79 Å². The van der Waals surface area contributed by atoms with Gasteiger partial charge in [-0.2, -0.15) is 0 Å². The lowest BCUT2D eigenvalue weighted by molar-refractivity contribution is -0.116. The SMILES string of the molecule is CCN(CCC(=O)Nc1cccc(CN)c1)C1CCCC1. The van der Waals surface area contributed by atoms with Gasteiger partial charge < -0.3 is 16.0 Å². The molecule has 1 aromatic carbocycles. The van der Waals surface area contributed by atoms with Crippen LogP contribution in [-0.4, -0.2) is 29.9 Å². The summed E-state index contributed by atoms with van der Waals surface area (Å²) in [6.45, 7) is 4.56. The molecule has 0 aromatic heterocycles. The minimum Gasteiger partial charge on any atom is -0.326 e. The maximum atomic E-state index is 12.1. The van der Waals surface area contributed by atoms with E-state index in [-0.39, 0.29) is 5.91 Å². The van der Waals surface area contributed by atoms with Crippen LogP contribution in [0.15, 0.2) is 24.3 Å². The summed E-state index contributed by atoms with van der Waals surface area (Å²) in [5.41, 5.74) is 7.49. The van der Waals surface area contributed by atoms with Crippen molar-refractivity contribution in [1.29, 1.82) is 0 Å². The van der Waals surface area contributed by atoms with Gasteiger partial charge in [0.2, 0.25) is 5.91 Å². The van der Waals surface area contributed by atoms with Crippen molar-refractivity contribution in [1.82, 2.24) is 4.90 Å². The molecular formula is C17H27N3O.